The molecule has 3 heteroatoms. The summed E-state index contributed by atoms with van der Waals surface area (Å²) in [5.41, 5.74) is 1.25. The van der Waals surface area contributed by atoms with Crippen LogP contribution in [-0.4, -0.2) is 24.9 Å². The highest BCUT2D eigenvalue weighted by Crippen LogP contribution is 2.11. The van der Waals surface area contributed by atoms with E-state index in [-0.39, 0.29) is 6.61 Å². The van der Waals surface area contributed by atoms with Gasteiger partial charge in [0.2, 0.25) is 0 Å². The topological polar surface area (TPSA) is 41.5 Å². The van der Waals surface area contributed by atoms with Gasteiger partial charge in [0.15, 0.2) is 0 Å². The quantitative estimate of drug-likeness (QED) is 0.740. The first kappa shape index (κ1) is 13.0. The molecule has 0 aromatic heterocycles. The number of aliphatic hydroxyl groups is 1. The summed E-state index contributed by atoms with van der Waals surface area (Å²) in [5.74, 6) is 1.48. The molecule has 1 rings (SSSR count). The number of hydrogen-bond acceptors (Lipinski definition) is 3. The Hall–Kier alpha value is -1.06. The molecule has 0 fully saturated rings. The molecule has 3 nitrogen and oxygen atoms in total. The highest BCUT2D eigenvalue weighted by molar-refractivity contribution is 5.27. The number of hydrogen-bond donors (Lipinski definition) is 2. The zero-order valence-electron chi connectivity index (χ0n) is 10.1. The first-order chi connectivity index (χ1) is 7.72. The predicted octanol–water partition coefficient (Wildman–Crippen LogP) is 1.80. The molecule has 0 aliphatic carbocycles. The molecule has 0 aliphatic heterocycles. The fourth-order valence-electron chi connectivity index (χ4n) is 1.37. The normalized spacial score (nSPS) is 10.8. The first-order valence-electron chi connectivity index (χ1n) is 5.75. The number of benzene rings is 1. The van der Waals surface area contributed by atoms with E-state index in [9.17, 15) is 0 Å². The van der Waals surface area contributed by atoms with Crippen molar-refractivity contribution in [2.24, 2.45) is 5.92 Å². The van der Waals surface area contributed by atoms with Crippen molar-refractivity contribution in [3.8, 4) is 5.75 Å². The zero-order chi connectivity index (χ0) is 11.8. The summed E-state index contributed by atoms with van der Waals surface area (Å²) in [7, 11) is 0. The highest BCUT2D eigenvalue weighted by atomic mass is 16.5. The smallest absolute Gasteiger partial charge is 0.119 e. The van der Waals surface area contributed by atoms with E-state index in [2.05, 4.69) is 19.2 Å². The Bertz CT molecular complexity index is 282. The minimum atomic E-state index is 0.0533. The Kier molecular flexibility index (Phi) is 5.90. The van der Waals surface area contributed by atoms with Gasteiger partial charge in [-0.3, -0.25) is 0 Å². The number of ether oxygens (including phenoxy) is 1. The number of aliphatic hydroxyl groups excluding tert-OH is 1. The molecule has 16 heavy (non-hydrogen) atoms. The van der Waals surface area contributed by atoms with Gasteiger partial charge in [-0.25, -0.2) is 0 Å². The van der Waals surface area contributed by atoms with E-state index in [1.165, 1.54) is 5.56 Å². The summed E-state index contributed by atoms with van der Waals surface area (Å²) >= 11 is 0. The minimum absolute atomic E-state index is 0.0533. The Morgan fingerprint density at radius 3 is 2.50 bits per heavy atom. The third-order valence-electron chi connectivity index (χ3n) is 2.17. The van der Waals surface area contributed by atoms with Crippen molar-refractivity contribution in [3.05, 3.63) is 29.8 Å². The van der Waals surface area contributed by atoms with Crippen molar-refractivity contribution in [1.82, 2.24) is 5.32 Å². The second-order valence-corrected chi connectivity index (χ2v) is 4.24. The maximum Gasteiger partial charge on any atom is 0.119 e. The van der Waals surface area contributed by atoms with E-state index in [0.717, 1.165) is 18.8 Å². The molecule has 0 saturated heterocycles. The summed E-state index contributed by atoms with van der Waals surface area (Å²) in [4.78, 5) is 0. The molecule has 0 atom stereocenters. The van der Waals surface area contributed by atoms with Crippen LogP contribution >= 0.6 is 0 Å². The van der Waals surface area contributed by atoms with Gasteiger partial charge in [0.05, 0.1) is 6.61 Å². The van der Waals surface area contributed by atoms with Gasteiger partial charge in [0.1, 0.15) is 12.4 Å². The standard InChI is InChI=1S/C13H21NO2/c1-11(2)9-14-10-12-3-5-13(6-4-12)16-8-7-15/h3-6,11,14-15H,7-10H2,1-2H3. The van der Waals surface area contributed by atoms with Crippen LogP contribution in [0.1, 0.15) is 19.4 Å². The van der Waals surface area contributed by atoms with E-state index in [4.69, 9.17) is 9.84 Å². The molecule has 2 N–H and O–H groups in total. The molecule has 0 amide bonds. The largest absolute Gasteiger partial charge is 0.491 e. The third-order valence-corrected chi connectivity index (χ3v) is 2.17. The molecule has 1 aromatic rings. The molecule has 0 spiro atoms. The van der Waals surface area contributed by atoms with Gasteiger partial charge >= 0.3 is 0 Å². The van der Waals surface area contributed by atoms with Crippen molar-refractivity contribution in [2.45, 2.75) is 20.4 Å². The van der Waals surface area contributed by atoms with Crippen molar-refractivity contribution < 1.29 is 9.84 Å². The predicted molar refractivity (Wildman–Crippen MR) is 65.6 cm³/mol. The lowest BCUT2D eigenvalue weighted by molar-refractivity contribution is 0.201. The van der Waals surface area contributed by atoms with Gasteiger partial charge in [-0.1, -0.05) is 26.0 Å². The van der Waals surface area contributed by atoms with Crippen LogP contribution in [0.3, 0.4) is 0 Å². The molecule has 90 valence electrons. The number of nitrogens with one attached hydrogen (secondary N) is 1. The minimum Gasteiger partial charge on any atom is -0.491 e. The van der Waals surface area contributed by atoms with Gasteiger partial charge in [-0.2, -0.15) is 0 Å². The number of rotatable bonds is 7. The molecule has 0 unspecified atom stereocenters. The summed E-state index contributed by atoms with van der Waals surface area (Å²) in [6, 6.07) is 7.95. The lowest BCUT2D eigenvalue weighted by Crippen LogP contribution is -2.18. The van der Waals surface area contributed by atoms with Crippen molar-refractivity contribution >= 4 is 0 Å². The van der Waals surface area contributed by atoms with Crippen LogP contribution in [0.15, 0.2) is 24.3 Å². The summed E-state index contributed by atoms with van der Waals surface area (Å²) in [6.07, 6.45) is 0. The van der Waals surface area contributed by atoms with Gasteiger partial charge in [0, 0.05) is 6.54 Å². The van der Waals surface area contributed by atoms with E-state index in [1.54, 1.807) is 0 Å². The van der Waals surface area contributed by atoms with Crippen molar-refractivity contribution in [2.75, 3.05) is 19.8 Å². The molecule has 0 bridgehead atoms. The summed E-state index contributed by atoms with van der Waals surface area (Å²) in [6.45, 7) is 6.71. The van der Waals surface area contributed by atoms with E-state index in [0.29, 0.717) is 12.5 Å². The van der Waals surface area contributed by atoms with Gasteiger partial charge in [-0.15, -0.1) is 0 Å². The Labute approximate surface area is 97.4 Å². The Balaban J connectivity index is 2.33. The lowest BCUT2D eigenvalue weighted by atomic mass is 10.2. The maximum absolute atomic E-state index is 8.62. The molecule has 0 heterocycles. The first-order valence-corrected chi connectivity index (χ1v) is 5.75. The van der Waals surface area contributed by atoms with Crippen LogP contribution < -0.4 is 10.1 Å². The summed E-state index contributed by atoms with van der Waals surface area (Å²) < 4.78 is 5.28. The van der Waals surface area contributed by atoms with E-state index < -0.39 is 0 Å². The fourth-order valence-corrected chi connectivity index (χ4v) is 1.37. The van der Waals surface area contributed by atoms with Crippen LogP contribution in [0.25, 0.3) is 0 Å². The molecule has 0 saturated carbocycles. The lowest BCUT2D eigenvalue weighted by Gasteiger charge is -2.08. The monoisotopic (exact) mass is 223 g/mol. The van der Waals surface area contributed by atoms with E-state index >= 15 is 0 Å². The second-order valence-electron chi connectivity index (χ2n) is 4.24. The van der Waals surface area contributed by atoms with Crippen LogP contribution in [0, 0.1) is 5.92 Å². The fraction of sp³-hybridized carbons (Fsp3) is 0.538. The molecular weight excluding hydrogens is 202 g/mol. The Morgan fingerprint density at radius 1 is 1.25 bits per heavy atom. The van der Waals surface area contributed by atoms with Gasteiger partial charge in [-0.05, 0) is 30.2 Å². The molecular formula is C13H21NO2. The second kappa shape index (κ2) is 7.25. The maximum atomic E-state index is 8.62. The highest BCUT2D eigenvalue weighted by Gasteiger charge is 1.96. The average Bonchev–Trinajstić information content (AvgIpc) is 2.27. The van der Waals surface area contributed by atoms with Gasteiger partial charge < -0.3 is 15.2 Å². The SMILES string of the molecule is CC(C)CNCc1ccc(OCCO)cc1. The average molecular weight is 223 g/mol. The zero-order valence-corrected chi connectivity index (χ0v) is 10.1. The molecule has 0 radical (unpaired) electrons. The van der Waals surface area contributed by atoms with Gasteiger partial charge in [0.25, 0.3) is 0 Å². The van der Waals surface area contributed by atoms with Crippen LogP contribution in [0.4, 0.5) is 0 Å². The molecule has 1 aromatic carbocycles. The third kappa shape index (κ3) is 5.14. The summed E-state index contributed by atoms with van der Waals surface area (Å²) in [5, 5.41) is 12.0. The van der Waals surface area contributed by atoms with Crippen LogP contribution in [-0.2, 0) is 6.54 Å². The van der Waals surface area contributed by atoms with Crippen molar-refractivity contribution in [1.29, 1.82) is 0 Å². The Morgan fingerprint density at radius 2 is 1.94 bits per heavy atom. The van der Waals surface area contributed by atoms with Crippen LogP contribution in [0.2, 0.25) is 0 Å². The molecule has 0 aliphatic rings. The van der Waals surface area contributed by atoms with E-state index in [1.807, 2.05) is 24.3 Å². The van der Waals surface area contributed by atoms with Crippen molar-refractivity contribution in [3.63, 3.8) is 0 Å². The van der Waals surface area contributed by atoms with Crippen LogP contribution in [0.5, 0.6) is 5.75 Å².